The van der Waals surface area contributed by atoms with E-state index in [4.69, 9.17) is 9.73 Å². The maximum absolute atomic E-state index is 14.3. The number of aliphatic imine (C=N–C) groups is 1. The van der Waals surface area contributed by atoms with Crippen molar-refractivity contribution < 1.29 is 22.7 Å². The van der Waals surface area contributed by atoms with Gasteiger partial charge in [-0.3, -0.25) is 14.5 Å². The van der Waals surface area contributed by atoms with Crippen LogP contribution in [0.4, 0.5) is 0 Å². The Bertz CT molecular complexity index is 1630. The smallest absolute Gasteiger partial charge is 0.312 e. The first-order valence-corrected chi connectivity index (χ1v) is 14.6. The molecule has 40 heavy (non-hydrogen) atoms. The number of aryl methyl sites for hydroxylation is 1. The van der Waals surface area contributed by atoms with E-state index in [-0.39, 0.29) is 28.6 Å². The maximum atomic E-state index is 14.3. The quantitative estimate of drug-likeness (QED) is 0.402. The lowest BCUT2D eigenvalue weighted by Crippen LogP contribution is -2.56. The van der Waals surface area contributed by atoms with Crippen LogP contribution < -0.4 is 0 Å². The van der Waals surface area contributed by atoms with Crippen LogP contribution in [0.25, 0.3) is 5.70 Å². The zero-order valence-corrected chi connectivity index (χ0v) is 23.8. The number of rotatable bonds is 6. The van der Waals surface area contributed by atoms with Crippen molar-refractivity contribution in [2.24, 2.45) is 4.99 Å². The highest BCUT2D eigenvalue weighted by Gasteiger charge is 2.67. The Balaban J connectivity index is 1.95. The number of benzene rings is 3. The third kappa shape index (κ3) is 4.21. The van der Waals surface area contributed by atoms with Crippen molar-refractivity contribution in [3.8, 4) is 0 Å². The minimum atomic E-state index is -4.58. The summed E-state index contributed by atoms with van der Waals surface area (Å²) in [6, 6.07) is 23.4. The molecule has 2 aliphatic rings. The van der Waals surface area contributed by atoms with Gasteiger partial charge in [0, 0.05) is 17.6 Å². The van der Waals surface area contributed by atoms with Crippen molar-refractivity contribution in [3.63, 3.8) is 0 Å². The number of ketones is 1. The number of amides is 1. The van der Waals surface area contributed by atoms with Gasteiger partial charge in [0.1, 0.15) is 5.57 Å². The number of carbonyl (C=O) groups is 2. The van der Waals surface area contributed by atoms with Crippen LogP contribution in [0.15, 0.2) is 100 Å². The number of nitrogens with zero attached hydrogens (tertiary/aromatic N) is 3. The summed E-state index contributed by atoms with van der Waals surface area (Å²) in [7, 11) is -4.58. The molecule has 2 aliphatic heterocycles. The van der Waals surface area contributed by atoms with Crippen molar-refractivity contribution >= 4 is 33.4 Å². The largest absolute Gasteiger partial charge is 0.428 e. The lowest BCUT2D eigenvalue weighted by atomic mass is 9.89. The van der Waals surface area contributed by atoms with Crippen LogP contribution >= 0.6 is 0 Å². The summed E-state index contributed by atoms with van der Waals surface area (Å²) in [5.41, 5.74) is -0.0220. The molecule has 0 saturated carbocycles. The summed E-state index contributed by atoms with van der Waals surface area (Å²) >= 11 is 0. The monoisotopic (exact) mass is 557 g/mol. The Morgan fingerprint density at radius 1 is 0.825 bits per heavy atom. The average molecular weight is 558 g/mol. The van der Waals surface area contributed by atoms with Crippen LogP contribution in [-0.4, -0.2) is 47.4 Å². The minimum Gasteiger partial charge on any atom is -0.428 e. The average Bonchev–Trinajstić information content (AvgIpc) is 3.16. The molecular formula is C31H31N3O5S. The fourth-order valence-electron chi connectivity index (χ4n) is 5.10. The van der Waals surface area contributed by atoms with Gasteiger partial charge in [-0.1, -0.05) is 78.4 Å². The number of amidine groups is 1. The second kappa shape index (κ2) is 10.1. The summed E-state index contributed by atoms with van der Waals surface area (Å²) in [5, 5.41) is 0. The van der Waals surface area contributed by atoms with Crippen LogP contribution in [0, 0.1) is 6.92 Å². The van der Waals surface area contributed by atoms with Gasteiger partial charge in [0.2, 0.25) is 0 Å². The maximum Gasteiger partial charge on any atom is 0.312 e. The number of carbonyl (C=O) groups excluding carboxylic acids is 2. The van der Waals surface area contributed by atoms with E-state index in [9.17, 15) is 18.0 Å². The molecule has 1 fully saturated rings. The van der Waals surface area contributed by atoms with Crippen molar-refractivity contribution in [2.75, 3.05) is 0 Å². The molecule has 9 heteroatoms. The fourth-order valence-corrected chi connectivity index (χ4v) is 6.67. The van der Waals surface area contributed by atoms with Gasteiger partial charge in [0.25, 0.3) is 27.6 Å². The Morgan fingerprint density at radius 2 is 1.40 bits per heavy atom. The summed E-state index contributed by atoms with van der Waals surface area (Å²) in [4.78, 5) is 34.4. The van der Waals surface area contributed by atoms with Crippen LogP contribution in [0.1, 0.15) is 44.4 Å². The molecule has 1 saturated heterocycles. The standard InChI is InChI=1S/C31H31N3O5S/c1-20(2)32-30-33(21(3)4)27(23-12-8-6-9-13-23)26-28(35)29(36)34(31(26,39-30)24-14-10-7-11-15-24)40(37,38)25-18-16-22(5)17-19-25/h6-21H,1-5H3. The van der Waals surface area contributed by atoms with Gasteiger partial charge in [0.05, 0.1) is 10.6 Å². The molecular weight excluding hydrogens is 526 g/mol. The molecule has 0 aliphatic carbocycles. The number of sulfonamides is 1. The minimum absolute atomic E-state index is 0.0676. The van der Waals surface area contributed by atoms with E-state index in [0.29, 0.717) is 21.1 Å². The molecule has 0 aromatic heterocycles. The Labute approximate surface area is 234 Å². The van der Waals surface area contributed by atoms with E-state index in [0.717, 1.165) is 5.56 Å². The molecule has 2 heterocycles. The number of hydrogen-bond donors (Lipinski definition) is 0. The molecule has 0 spiro atoms. The predicted molar refractivity (Wildman–Crippen MR) is 152 cm³/mol. The SMILES string of the molecule is Cc1ccc(S(=O)(=O)N2C(=O)C(=O)C3=C(c4ccccc4)N(C(C)C)C(=NC(C)C)OC32c2ccccc2)cc1. The first kappa shape index (κ1) is 27.3. The van der Waals surface area contributed by atoms with E-state index in [1.54, 1.807) is 47.4 Å². The third-order valence-corrected chi connectivity index (χ3v) is 8.58. The van der Waals surface area contributed by atoms with E-state index >= 15 is 0 Å². The zero-order valence-electron chi connectivity index (χ0n) is 23.0. The molecule has 0 N–H and O–H groups in total. The summed E-state index contributed by atoms with van der Waals surface area (Å²) in [5.74, 6) is -2.14. The fraction of sp³-hybridized carbons (Fsp3) is 0.258. The van der Waals surface area contributed by atoms with Crippen molar-refractivity contribution in [1.29, 1.82) is 0 Å². The van der Waals surface area contributed by atoms with E-state index in [1.165, 1.54) is 12.1 Å². The van der Waals surface area contributed by atoms with Crippen molar-refractivity contribution in [3.05, 3.63) is 107 Å². The van der Waals surface area contributed by atoms with Gasteiger partial charge in [-0.15, -0.1) is 0 Å². The summed E-state index contributed by atoms with van der Waals surface area (Å²) < 4.78 is 35.9. The van der Waals surface area contributed by atoms with E-state index in [1.807, 2.05) is 65.0 Å². The van der Waals surface area contributed by atoms with Gasteiger partial charge in [-0.2, -0.15) is 4.31 Å². The lowest BCUT2D eigenvalue weighted by molar-refractivity contribution is -0.140. The molecule has 0 bridgehead atoms. The molecule has 206 valence electrons. The molecule has 0 radical (unpaired) electrons. The molecule has 1 unspecified atom stereocenters. The second-order valence-electron chi connectivity index (χ2n) is 10.4. The topological polar surface area (TPSA) is 96.4 Å². The lowest BCUT2D eigenvalue weighted by Gasteiger charge is -2.46. The van der Waals surface area contributed by atoms with Crippen LogP contribution in [0.2, 0.25) is 0 Å². The van der Waals surface area contributed by atoms with Gasteiger partial charge in [-0.05, 0) is 52.3 Å². The van der Waals surface area contributed by atoms with E-state index in [2.05, 4.69) is 0 Å². The van der Waals surface area contributed by atoms with Crippen LogP contribution in [0.5, 0.6) is 0 Å². The Hall–Kier alpha value is -4.24. The number of ether oxygens (including phenoxy) is 1. The van der Waals surface area contributed by atoms with Crippen molar-refractivity contribution in [1.82, 2.24) is 9.21 Å². The highest BCUT2D eigenvalue weighted by Crippen LogP contribution is 2.53. The van der Waals surface area contributed by atoms with Gasteiger partial charge in [-0.25, -0.2) is 13.4 Å². The van der Waals surface area contributed by atoms with Crippen LogP contribution in [0.3, 0.4) is 0 Å². The van der Waals surface area contributed by atoms with Crippen molar-refractivity contribution in [2.45, 2.75) is 57.3 Å². The summed E-state index contributed by atoms with van der Waals surface area (Å²) in [6.07, 6.45) is 0. The number of fused-ring (bicyclic) bond motifs is 1. The van der Waals surface area contributed by atoms with Crippen LogP contribution in [-0.2, 0) is 30.1 Å². The Kier molecular flexibility index (Phi) is 6.87. The van der Waals surface area contributed by atoms with Gasteiger partial charge in [0.15, 0.2) is 0 Å². The molecule has 1 atom stereocenters. The zero-order chi connectivity index (χ0) is 28.8. The predicted octanol–water partition coefficient (Wildman–Crippen LogP) is 4.86. The molecule has 3 aromatic rings. The third-order valence-electron chi connectivity index (χ3n) is 6.81. The normalized spacial score (nSPS) is 20.5. The molecule has 1 amide bonds. The van der Waals surface area contributed by atoms with E-state index < -0.39 is 27.4 Å². The molecule has 5 rings (SSSR count). The first-order chi connectivity index (χ1) is 19.0. The highest BCUT2D eigenvalue weighted by atomic mass is 32.2. The molecule has 8 nitrogen and oxygen atoms in total. The van der Waals surface area contributed by atoms with Gasteiger partial charge < -0.3 is 4.74 Å². The number of Topliss-reactive ketones (excluding diaryl/α,β-unsaturated/α-hetero) is 1. The second-order valence-corrected chi connectivity index (χ2v) is 12.2. The number of hydrogen-bond acceptors (Lipinski definition) is 6. The molecule has 3 aromatic carbocycles. The highest BCUT2D eigenvalue weighted by molar-refractivity contribution is 7.89. The first-order valence-electron chi connectivity index (χ1n) is 13.1. The van der Waals surface area contributed by atoms with Gasteiger partial charge >= 0.3 is 5.91 Å². The Morgan fingerprint density at radius 3 is 1.95 bits per heavy atom. The summed E-state index contributed by atoms with van der Waals surface area (Å²) in [6.45, 7) is 9.41.